The Morgan fingerprint density at radius 2 is 1.84 bits per heavy atom. The number of hydrogen-bond acceptors (Lipinski definition) is 8. The van der Waals surface area contributed by atoms with Crippen molar-refractivity contribution in [3.63, 3.8) is 0 Å². The number of para-hydroxylation sites is 2. The van der Waals surface area contributed by atoms with Crippen molar-refractivity contribution >= 4 is 32.6 Å². The highest BCUT2D eigenvalue weighted by atomic mass is 32.1. The largest absolute Gasteiger partial charge is 0.485 e. The predicted octanol–water partition coefficient (Wildman–Crippen LogP) is 3.15. The van der Waals surface area contributed by atoms with Crippen LogP contribution in [0.15, 0.2) is 36.4 Å². The van der Waals surface area contributed by atoms with Gasteiger partial charge in [0.05, 0.1) is 10.2 Å². The summed E-state index contributed by atoms with van der Waals surface area (Å²) in [4.78, 5) is 22.0. The molecule has 0 aliphatic carbocycles. The van der Waals surface area contributed by atoms with Gasteiger partial charge in [0.25, 0.3) is 5.91 Å². The van der Waals surface area contributed by atoms with Crippen LogP contribution in [-0.2, 0) is 4.79 Å². The van der Waals surface area contributed by atoms with Gasteiger partial charge in [0.2, 0.25) is 12.9 Å². The van der Waals surface area contributed by atoms with Crippen LogP contribution in [0.2, 0.25) is 0 Å². The monoisotopic (exact) mass is 441 g/mol. The highest BCUT2D eigenvalue weighted by Gasteiger charge is 2.33. The minimum atomic E-state index is -0.724. The number of aromatic nitrogens is 1. The Morgan fingerprint density at radius 3 is 2.65 bits per heavy atom. The summed E-state index contributed by atoms with van der Waals surface area (Å²) >= 11 is 1.46. The maximum Gasteiger partial charge on any atom is 0.273 e. The Bertz CT molecular complexity index is 1070. The minimum Gasteiger partial charge on any atom is -0.485 e. The lowest BCUT2D eigenvalue weighted by Gasteiger charge is -2.29. The van der Waals surface area contributed by atoms with Crippen LogP contribution >= 0.6 is 11.3 Å². The summed E-state index contributed by atoms with van der Waals surface area (Å²) in [5.74, 6) is 2.45. The van der Waals surface area contributed by atoms with E-state index in [2.05, 4.69) is 4.90 Å². The van der Waals surface area contributed by atoms with Crippen LogP contribution in [0.4, 0.5) is 5.13 Å². The topological polar surface area (TPSA) is 73.4 Å². The van der Waals surface area contributed by atoms with Crippen LogP contribution in [0.5, 0.6) is 23.0 Å². The number of fused-ring (bicyclic) bond motifs is 3. The zero-order chi connectivity index (χ0) is 21.4. The second kappa shape index (κ2) is 8.24. The Kier molecular flexibility index (Phi) is 5.29. The fraction of sp³-hybridized carbons (Fsp3) is 0.364. The molecule has 0 saturated heterocycles. The Labute approximate surface area is 183 Å². The first-order valence-electron chi connectivity index (χ1n) is 10.1. The number of rotatable bonds is 6. The van der Waals surface area contributed by atoms with Crippen LogP contribution < -0.4 is 23.8 Å². The van der Waals surface area contributed by atoms with E-state index in [-0.39, 0.29) is 19.3 Å². The molecule has 31 heavy (non-hydrogen) atoms. The van der Waals surface area contributed by atoms with Gasteiger partial charge in [-0.15, -0.1) is 0 Å². The number of hydrogen-bond donors (Lipinski definition) is 0. The fourth-order valence-electron chi connectivity index (χ4n) is 3.58. The van der Waals surface area contributed by atoms with Crippen molar-refractivity contribution in [2.24, 2.45) is 0 Å². The van der Waals surface area contributed by atoms with Crippen molar-refractivity contribution in [2.45, 2.75) is 12.5 Å². The number of nitrogens with zero attached hydrogens (tertiary/aromatic N) is 3. The molecular formula is C22H23N3O5S. The van der Waals surface area contributed by atoms with Gasteiger partial charge in [-0.25, -0.2) is 4.98 Å². The lowest BCUT2D eigenvalue weighted by atomic mass is 10.2. The second-order valence-corrected chi connectivity index (χ2v) is 8.69. The SMILES string of the molecule is CN(C)CCCN(C(=O)[C@H]1COc2ccccc2O1)c1nc2cc3c(cc2s1)OCO3. The van der Waals surface area contributed by atoms with Gasteiger partial charge >= 0.3 is 0 Å². The van der Waals surface area contributed by atoms with Crippen molar-refractivity contribution in [3.8, 4) is 23.0 Å². The Morgan fingerprint density at radius 1 is 1.06 bits per heavy atom. The first kappa shape index (κ1) is 19.9. The van der Waals surface area contributed by atoms with Gasteiger partial charge in [0, 0.05) is 18.7 Å². The van der Waals surface area contributed by atoms with Crippen LogP contribution in [0.25, 0.3) is 10.2 Å². The summed E-state index contributed by atoms with van der Waals surface area (Å²) in [6, 6.07) is 11.2. The van der Waals surface area contributed by atoms with Crippen LogP contribution in [0.3, 0.4) is 0 Å². The molecule has 0 radical (unpaired) electrons. The van der Waals surface area contributed by atoms with Crippen LogP contribution in [-0.4, -0.2) is 62.5 Å². The van der Waals surface area contributed by atoms with Crippen molar-refractivity contribution in [2.75, 3.05) is 45.5 Å². The zero-order valence-corrected chi connectivity index (χ0v) is 18.2. The molecule has 3 heterocycles. The number of ether oxygens (including phenoxy) is 4. The molecule has 0 unspecified atom stereocenters. The molecular weight excluding hydrogens is 418 g/mol. The number of amides is 1. The van der Waals surface area contributed by atoms with E-state index in [1.807, 2.05) is 50.5 Å². The molecule has 2 aliphatic rings. The van der Waals surface area contributed by atoms with Gasteiger partial charge in [0.1, 0.15) is 6.61 Å². The molecule has 0 fully saturated rings. The number of carbonyl (C=O) groups is 1. The molecule has 2 aromatic carbocycles. The van der Waals surface area contributed by atoms with E-state index >= 15 is 0 Å². The number of anilines is 1. The van der Waals surface area contributed by atoms with Gasteiger partial charge in [-0.05, 0) is 39.2 Å². The number of benzene rings is 2. The summed E-state index contributed by atoms with van der Waals surface area (Å²) in [6.07, 6.45) is 0.0830. The van der Waals surface area contributed by atoms with Gasteiger partial charge in [0.15, 0.2) is 28.1 Å². The number of carbonyl (C=O) groups excluding carboxylic acids is 1. The average Bonchev–Trinajstić information content (AvgIpc) is 3.39. The standard InChI is InChI=1S/C22H23N3O5S/c1-24(2)8-5-9-25(21(26)19-12-27-15-6-3-4-7-16(15)30-19)22-23-14-10-17-18(29-13-28-17)11-20(14)31-22/h3-4,6-7,10-11,19H,5,8-9,12-13H2,1-2H3/t19-/m1/s1. The average molecular weight is 442 g/mol. The third kappa shape index (κ3) is 3.98. The molecule has 162 valence electrons. The van der Waals surface area contributed by atoms with Crippen molar-refractivity contribution in [3.05, 3.63) is 36.4 Å². The molecule has 8 nitrogen and oxygen atoms in total. The first-order valence-corrected chi connectivity index (χ1v) is 10.9. The molecule has 1 amide bonds. The maximum absolute atomic E-state index is 13.5. The molecule has 5 rings (SSSR count). The smallest absolute Gasteiger partial charge is 0.273 e. The van der Waals surface area contributed by atoms with Crippen molar-refractivity contribution in [1.29, 1.82) is 0 Å². The number of thiazole rings is 1. The fourth-order valence-corrected chi connectivity index (χ4v) is 4.59. The molecule has 0 spiro atoms. The summed E-state index contributed by atoms with van der Waals surface area (Å²) in [7, 11) is 4.03. The normalized spacial score (nSPS) is 16.7. The Hall–Kier alpha value is -3.04. The second-order valence-electron chi connectivity index (χ2n) is 7.68. The van der Waals surface area contributed by atoms with E-state index in [1.165, 1.54) is 11.3 Å². The molecule has 9 heteroatoms. The molecule has 0 bridgehead atoms. The highest BCUT2D eigenvalue weighted by Crippen LogP contribution is 2.40. The molecule has 3 aromatic rings. The van der Waals surface area contributed by atoms with Gasteiger partial charge in [-0.3, -0.25) is 9.69 Å². The lowest BCUT2D eigenvalue weighted by Crippen LogP contribution is -2.47. The quantitative estimate of drug-likeness (QED) is 0.582. The summed E-state index contributed by atoms with van der Waals surface area (Å²) in [5, 5.41) is 0.630. The molecule has 1 aromatic heterocycles. The maximum atomic E-state index is 13.5. The zero-order valence-electron chi connectivity index (χ0n) is 17.4. The molecule has 0 saturated carbocycles. The van der Waals surface area contributed by atoms with E-state index < -0.39 is 6.10 Å². The molecule has 0 N–H and O–H groups in total. The van der Waals surface area contributed by atoms with Gasteiger partial charge in [-0.2, -0.15) is 0 Å². The van der Waals surface area contributed by atoms with Crippen molar-refractivity contribution < 1.29 is 23.7 Å². The molecule has 1 atom stereocenters. The van der Waals surface area contributed by atoms with E-state index in [0.29, 0.717) is 34.7 Å². The van der Waals surface area contributed by atoms with Crippen molar-refractivity contribution in [1.82, 2.24) is 9.88 Å². The first-order chi connectivity index (χ1) is 15.1. The third-order valence-corrected chi connectivity index (χ3v) is 6.18. The van der Waals surface area contributed by atoms with E-state index in [4.69, 9.17) is 23.9 Å². The summed E-state index contributed by atoms with van der Waals surface area (Å²) in [5.41, 5.74) is 0.779. The third-order valence-electron chi connectivity index (χ3n) is 5.14. The summed E-state index contributed by atoms with van der Waals surface area (Å²) in [6.45, 7) is 1.77. The van der Waals surface area contributed by atoms with Crippen LogP contribution in [0, 0.1) is 0 Å². The van der Waals surface area contributed by atoms with Gasteiger partial charge < -0.3 is 23.8 Å². The van der Waals surface area contributed by atoms with Gasteiger partial charge in [-0.1, -0.05) is 23.5 Å². The van der Waals surface area contributed by atoms with E-state index in [1.54, 1.807) is 4.90 Å². The minimum absolute atomic E-state index is 0.160. The highest BCUT2D eigenvalue weighted by molar-refractivity contribution is 7.22. The predicted molar refractivity (Wildman–Crippen MR) is 118 cm³/mol. The summed E-state index contributed by atoms with van der Waals surface area (Å²) < 4.78 is 23.6. The van der Waals surface area contributed by atoms with E-state index in [9.17, 15) is 4.79 Å². The van der Waals surface area contributed by atoms with Crippen LogP contribution in [0.1, 0.15) is 6.42 Å². The Balaban J connectivity index is 1.42. The van der Waals surface area contributed by atoms with E-state index in [0.717, 1.165) is 23.2 Å². The molecule has 2 aliphatic heterocycles. The lowest BCUT2D eigenvalue weighted by molar-refractivity contribution is -0.127.